The van der Waals surface area contributed by atoms with Crippen molar-refractivity contribution in [1.82, 2.24) is 4.98 Å². The molecule has 18 heavy (non-hydrogen) atoms. The number of thiazole rings is 1. The predicted molar refractivity (Wildman–Crippen MR) is 70.6 cm³/mol. The summed E-state index contributed by atoms with van der Waals surface area (Å²) in [4.78, 5) is 15.7. The van der Waals surface area contributed by atoms with E-state index in [1.807, 2.05) is 18.3 Å². The zero-order valence-corrected chi connectivity index (χ0v) is 10.4. The number of rotatable bonds is 6. The van der Waals surface area contributed by atoms with Crippen LogP contribution in [0.5, 0.6) is 5.75 Å². The van der Waals surface area contributed by atoms with Gasteiger partial charge in [-0.2, -0.15) is 0 Å². The Morgan fingerprint density at radius 2 is 2.17 bits per heavy atom. The topological polar surface area (TPSA) is 77.2 Å². The SMILES string of the molecule is NC(=O)COc1ccc(NCc2cncs2)cc1. The molecule has 0 atom stereocenters. The Hall–Kier alpha value is -2.08. The average Bonchev–Trinajstić information content (AvgIpc) is 2.88. The van der Waals surface area contributed by atoms with Crippen LogP contribution in [0.15, 0.2) is 36.0 Å². The molecular weight excluding hydrogens is 250 g/mol. The van der Waals surface area contributed by atoms with Crippen molar-refractivity contribution in [1.29, 1.82) is 0 Å². The maximum absolute atomic E-state index is 10.6. The minimum atomic E-state index is -0.484. The zero-order valence-electron chi connectivity index (χ0n) is 9.63. The molecule has 1 amide bonds. The van der Waals surface area contributed by atoms with E-state index in [4.69, 9.17) is 10.5 Å². The Morgan fingerprint density at radius 1 is 1.39 bits per heavy atom. The number of nitrogens with one attached hydrogen (secondary N) is 1. The maximum Gasteiger partial charge on any atom is 0.255 e. The van der Waals surface area contributed by atoms with E-state index in [0.29, 0.717) is 5.75 Å². The molecule has 0 bridgehead atoms. The van der Waals surface area contributed by atoms with E-state index >= 15 is 0 Å². The van der Waals surface area contributed by atoms with Crippen LogP contribution >= 0.6 is 11.3 Å². The third-order valence-electron chi connectivity index (χ3n) is 2.19. The highest BCUT2D eigenvalue weighted by atomic mass is 32.1. The molecule has 0 saturated heterocycles. The average molecular weight is 263 g/mol. The summed E-state index contributed by atoms with van der Waals surface area (Å²) in [5.74, 6) is 0.138. The van der Waals surface area contributed by atoms with Gasteiger partial charge in [0.2, 0.25) is 0 Å². The van der Waals surface area contributed by atoms with Crippen LogP contribution in [0.25, 0.3) is 0 Å². The molecule has 94 valence electrons. The van der Waals surface area contributed by atoms with E-state index in [1.165, 1.54) is 4.88 Å². The van der Waals surface area contributed by atoms with Crippen molar-refractivity contribution in [3.05, 3.63) is 40.8 Å². The van der Waals surface area contributed by atoms with Gasteiger partial charge in [-0.15, -0.1) is 11.3 Å². The lowest BCUT2D eigenvalue weighted by Gasteiger charge is -2.07. The Morgan fingerprint density at radius 3 is 2.78 bits per heavy atom. The standard InChI is InChI=1S/C12H13N3O2S/c13-12(16)7-17-10-3-1-9(2-4-10)15-6-11-5-14-8-18-11/h1-5,8,15H,6-7H2,(H2,13,16). The molecule has 3 N–H and O–H groups in total. The first-order valence-electron chi connectivity index (χ1n) is 5.36. The summed E-state index contributed by atoms with van der Waals surface area (Å²) in [5, 5.41) is 3.26. The van der Waals surface area contributed by atoms with E-state index in [0.717, 1.165) is 12.2 Å². The first-order valence-corrected chi connectivity index (χ1v) is 6.24. The van der Waals surface area contributed by atoms with Crippen molar-refractivity contribution in [2.75, 3.05) is 11.9 Å². The van der Waals surface area contributed by atoms with Crippen LogP contribution in [0.1, 0.15) is 4.88 Å². The molecule has 2 rings (SSSR count). The number of aromatic nitrogens is 1. The molecule has 1 aromatic carbocycles. The lowest BCUT2D eigenvalue weighted by atomic mass is 10.3. The minimum absolute atomic E-state index is 0.104. The van der Waals surface area contributed by atoms with Gasteiger partial charge in [0.25, 0.3) is 5.91 Å². The number of hydrogen-bond donors (Lipinski definition) is 2. The summed E-state index contributed by atoms with van der Waals surface area (Å²) < 4.78 is 5.16. The fourth-order valence-electron chi connectivity index (χ4n) is 1.34. The molecule has 0 aliphatic carbocycles. The molecule has 0 aliphatic rings. The Balaban J connectivity index is 1.85. The van der Waals surface area contributed by atoms with Crippen LogP contribution in [-0.4, -0.2) is 17.5 Å². The van der Waals surface area contributed by atoms with Gasteiger partial charge in [0, 0.05) is 16.8 Å². The van der Waals surface area contributed by atoms with Crippen LogP contribution in [0.2, 0.25) is 0 Å². The second-order valence-electron chi connectivity index (χ2n) is 3.60. The molecule has 0 aliphatic heterocycles. The van der Waals surface area contributed by atoms with E-state index in [1.54, 1.807) is 29.0 Å². The number of carbonyl (C=O) groups is 1. The molecule has 0 saturated carbocycles. The van der Waals surface area contributed by atoms with Crippen LogP contribution in [0.3, 0.4) is 0 Å². The van der Waals surface area contributed by atoms with Gasteiger partial charge in [0.15, 0.2) is 6.61 Å². The Bertz CT molecular complexity index is 497. The van der Waals surface area contributed by atoms with Crippen LogP contribution in [0, 0.1) is 0 Å². The molecular formula is C12H13N3O2S. The highest BCUT2D eigenvalue weighted by Crippen LogP contribution is 2.17. The number of amides is 1. The third kappa shape index (κ3) is 3.74. The number of primary amides is 1. The normalized spacial score (nSPS) is 10.0. The summed E-state index contributed by atoms with van der Waals surface area (Å²) >= 11 is 1.61. The lowest BCUT2D eigenvalue weighted by Crippen LogP contribution is -2.19. The number of carbonyl (C=O) groups excluding carboxylic acids is 1. The van der Waals surface area contributed by atoms with Gasteiger partial charge < -0.3 is 15.8 Å². The van der Waals surface area contributed by atoms with E-state index in [-0.39, 0.29) is 6.61 Å². The lowest BCUT2D eigenvalue weighted by molar-refractivity contribution is -0.119. The maximum atomic E-state index is 10.6. The summed E-state index contributed by atoms with van der Waals surface area (Å²) in [6.45, 7) is 0.639. The highest BCUT2D eigenvalue weighted by Gasteiger charge is 1.99. The minimum Gasteiger partial charge on any atom is -0.484 e. The third-order valence-corrected chi connectivity index (χ3v) is 2.97. The van der Waals surface area contributed by atoms with Crippen LogP contribution in [0.4, 0.5) is 5.69 Å². The molecule has 1 aromatic heterocycles. The van der Waals surface area contributed by atoms with Gasteiger partial charge >= 0.3 is 0 Å². The smallest absolute Gasteiger partial charge is 0.255 e. The molecule has 0 unspecified atom stereocenters. The molecule has 0 spiro atoms. The number of nitrogens with two attached hydrogens (primary N) is 1. The summed E-state index contributed by atoms with van der Waals surface area (Å²) in [6, 6.07) is 7.35. The van der Waals surface area contributed by atoms with Crippen molar-refractivity contribution in [3.63, 3.8) is 0 Å². The fourth-order valence-corrected chi connectivity index (χ4v) is 1.88. The van der Waals surface area contributed by atoms with E-state index in [9.17, 15) is 4.79 Å². The predicted octanol–water partition coefficient (Wildman–Crippen LogP) is 1.62. The summed E-state index contributed by atoms with van der Waals surface area (Å²) in [5.41, 5.74) is 7.78. The summed E-state index contributed by atoms with van der Waals surface area (Å²) in [6.07, 6.45) is 1.84. The number of anilines is 1. The van der Waals surface area contributed by atoms with Crippen molar-refractivity contribution in [3.8, 4) is 5.75 Å². The fraction of sp³-hybridized carbons (Fsp3) is 0.167. The van der Waals surface area contributed by atoms with Crippen LogP contribution in [-0.2, 0) is 11.3 Å². The molecule has 0 radical (unpaired) electrons. The molecule has 5 nitrogen and oxygen atoms in total. The monoisotopic (exact) mass is 263 g/mol. The molecule has 1 heterocycles. The van der Waals surface area contributed by atoms with Crippen molar-refractivity contribution in [2.24, 2.45) is 5.73 Å². The van der Waals surface area contributed by atoms with Gasteiger partial charge in [-0.3, -0.25) is 9.78 Å². The van der Waals surface area contributed by atoms with Gasteiger partial charge in [0.05, 0.1) is 12.1 Å². The van der Waals surface area contributed by atoms with E-state index < -0.39 is 5.91 Å². The molecule has 2 aromatic rings. The Kier molecular flexibility index (Phi) is 4.14. The quantitative estimate of drug-likeness (QED) is 0.830. The molecule has 6 heteroatoms. The highest BCUT2D eigenvalue weighted by molar-refractivity contribution is 7.09. The van der Waals surface area contributed by atoms with Crippen molar-refractivity contribution < 1.29 is 9.53 Å². The largest absolute Gasteiger partial charge is 0.484 e. The zero-order chi connectivity index (χ0) is 12.8. The number of nitrogens with zero attached hydrogens (tertiary/aromatic N) is 1. The first kappa shape index (κ1) is 12.4. The second-order valence-corrected chi connectivity index (χ2v) is 4.57. The second kappa shape index (κ2) is 6.02. The van der Waals surface area contributed by atoms with Gasteiger partial charge in [-0.25, -0.2) is 0 Å². The van der Waals surface area contributed by atoms with Gasteiger partial charge in [0.1, 0.15) is 5.75 Å². The first-order chi connectivity index (χ1) is 8.74. The van der Waals surface area contributed by atoms with Crippen LogP contribution < -0.4 is 15.8 Å². The molecule has 0 fully saturated rings. The van der Waals surface area contributed by atoms with Crippen molar-refractivity contribution >= 4 is 22.9 Å². The Labute approximate surface area is 109 Å². The van der Waals surface area contributed by atoms with E-state index in [2.05, 4.69) is 10.3 Å². The van der Waals surface area contributed by atoms with Gasteiger partial charge in [-0.05, 0) is 24.3 Å². The number of ether oxygens (including phenoxy) is 1. The number of hydrogen-bond acceptors (Lipinski definition) is 5. The summed E-state index contributed by atoms with van der Waals surface area (Å²) in [7, 11) is 0. The van der Waals surface area contributed by atoms with Crippen molar-refractivity contribution in [2.45, 2.75) is 6.54 Å². The van der Waals surface area contributed by atoms with Gasteiger partial charge in [-0.1, -0.05) is 0 Å². The number of benzene rings is 1.